The highest BCUT2D eigenvalue weighted by molar-refractivity contribution is 5.39. The summed E-state index contributed by atoms with van der Waals surface area (Å²) in [5.41, 5.74) is 2.44. The van der Waals surface area contributed by atoms with Crippen LogP contribution in [0.4, 0.5) is 5.82 Å². The van der Waals surface area contributed by atoms with Crippen molar-refractivity contribution < 1.29 is 0 Å². The number of hydrogen-bond donors (Lipinski definition) is 1. The summed E-state index contributed by atoms with van der Waals surface area (Å²) in [4.78, 5) is 0. The Morgan fingerprint density at radius 2 is 2.25 bits per heavy atom. The van der Waals surface area contributed by atoms with Crippen molar-refractivity contribution in [3.05, 3.63) is 29.7 Å². The molecule has 1 fully saturated rings. The Labute approximate surface area is 120 Å². The molecule has 5 nitrogen and oxygen atoms in total. The first-order valence-electron chi connectivity index (χ1n) is 7.49. The van der Waals surface area contributed by atoms with Gasteiger partial charge < -0.3 is 5.32 Å². The van der Waals surface area contributed by atoms with Gasteiger partial charge in [-0.25, -0.2) is 0 Å². The number of nitrogens with one attached hydrogen (secondary N) is 1. The van der Waals surface area contributed by atoms with Crippen molar-refractivity contribution in [3.8, 4) is 0 Å². The minimum absolute atomic E-state index is 0.440. The Balaban J connectivity index is 1.68. The maximum atomic E-state index is 4.58. The molecule has 2 heterocycles. The minimum Gasteiger partial charge on any atom is -0.365 e. The number of aromatic nitrogens is 4. The second-order valence-corrected chi connectivity index (χ2v) is 5.73. The van der Waals surface area contributed by atoms with Crippen LogP contribution < -0.4 is 5.32 Å². The quantitative estimate of drug-likeness (QED) is 0.880. The molecule has 1 N–H and O–H groups in total. The van der Waals surface area contributed by atoms with Crippen LogP contribution in [0.1, 0.15) is 56.5 Å². The van der Waals surface area contributed by atoms with E-state index in [9.17, 15) is 0 Å². The predicted molar refractivity (Wildman–Crippen MR) is 79.7 cm³/mol. The van der Waals surface area contributed by atoms with E-state index in [1.165, 1.54) is 24.2 Å². The second-order valence-electron chi connectivity index (χ2n) is 5.73. The maximum Gasteiger partial charge on any atom is 0.124 e. The summed E-state index contributed by atoms with van der Waals surface area (Å²) in [6, 6.07) is 4.70. The summed E-state index contributed by atoms with van der Waals surface area (Å²) < 4.78 is 4.04. The van der Waals surface area contributed by atoms with Crippen LogP contribution in [0.2, 0.25) is 0 Å². The van der Waals surface area contributed by atoms with E-state index in [0.717, 1.165) is 18.8 Å². The second kappa shape index (κ2) is 5.31. The molecule has 2 aromatic heterocycles. The van der Waals surface area contributed by atoms with Gasteiger partial charge in [0.2, 0.25) is 0 Å². The summed E-state index contributed by atoms with van der Waals surface area (Å²) in [5, 5.41) is 12.5. The molecule has 0 amide bonds. The summed E-state index contributed by atoms with van der Waals surface area (Å²) in [6.45, 7) is 5.17. The summed E-state index contributed by atoms with van der Waals surface area (Å²) in [7, 11) is 2.00. The van der Waals surface area contributed by atoms with E-state index in [1.807, 2.05) is 17.9 Å². The van der Waals surface area contributed by atoms with Crippen LogP contribution in [-0.2, 0) is 13.6 Å². The van der Waals surface area contributed by atoms with E-state index >= 15 is 0 Å². The summed E-state index contributed by atoms with van der Waals surface area (Å²) >= 11 is 0. The van der Waals surface area contributed by atoms with Crippen molar-refractivity contribution in [2.45, 2.75) is 51.6 Å². The molecule has 2 aromatic rings. The van der Waals surface area contributed by atoms with Gasteiger partial charge in [-0.1, -0.05) is 6.92 Å². The number of aryl methyl sites for hydroxylation is 1. The van der Waals surface area contributed by atoms with Crippen LogP contribution in [0.25, 0.3) is 0 Å². The third kappa shape index (κ3) is 2.57. The molecule has 20 heavy (non-hydrogen) atoms. The smallest absolute Gasteiger partial charge is 0.124 e. The predicted octanol–water partition coefficient (Wildman–Crippen LogP) is 3.08. The first kappa shape index (κ1) is 13.2. The van der Waals surface area contributed by atoms with Crippen LogP contribution in [0.15, 0.2) is 18.3 Å². The lowest BCUT2D eigenvalue weighted by Gasteiger charge is -2.14. The highest BCUT2D eigenvalue weighted by Gasteiger charge is 2.26. The third-order valence-corrected chi connectivity index (χ3v) is 4.11. The Kier molecular flexibility index (Phi) is 3.51. The fourth-order valence-corrected chi connectivity index (χ4v) is 2.47. The van der Waals surface area contributed by atoms with Crippen LogP contribution in [-0.4, -0.2) is 19.6 Å². The van der Waals surface area contributed by atoms with Gasteiger partial charge in [0.05, 0.1) is 17.9 Å². The molecular formula is C15H23N5. The standard InChI is InChI=1S/C15H23N5/c1-4-11(2)20-13(7-8-17-20)10-16-15-9-14(12-5-6-12)18-19(15)3/h7-9,11-12,16H,4-6,10H2,1-3H3/t11-/m1/s1. The first-order valence-corrected chi connectivity index (χ1v) is 7.49. The lowest BCUT2D eigenvalue weighted by atomic mass is 10.2. The molecule has 0 saturated heterocycles. The summed E-state index contributed by atoms with van der Waals surface area (Å²) in [5.74, 6) is 1.78. The molecule has 0 aromatic carbocycles. The molecule has 5 heteroatoms. The molecule has 0 spiro atoms. The largest absolute Gasteiger partial charge is 0.365 e. The van der Waals surface area contributed by atoms with E-state index in [2.05, 4.69) is 46.2 Å². The van der Waals surface area contributed by atoms with Crippen molar-refractivity contribution in [2.75, 3.05) is 5.32 Å². The highest BCUT2D eigenvalue weighted by atomic mass is 15.3. The molecule has 0 radical (unpaired) electrons. The normalized spacial score (nSPS) is 16.4. The van der Waals surface area contributed by atoms with Crippen LogP contribution in [0, 0.1) is 0 Å². The topological polar surface area (TPSA) is 47.7 Å². The molecule has 1 saturated carbocycles. The van der Waals surface area contributed by atoms with E-state index in [-0.39, 0.29) is 0 Å². The van der Waals surface area contributed by atoms with Gasteiger partial charge in [0.25, 0.3) is 0 Å². The monoisotopic (exact) mass is 273 g/mol. The zero-order valence-electron chi connectivity index (χ0n) is 12.5. The Morgan fingerprint density at radius 3 is 2.95 bits per heavy atom. The number of rotatable bonds is 6. The average molecular weight is 273 g/mol. The van der Waals surface area contributed by atoms with Crippen LogP contribution in [0.3, 0.4) is 0 Å². The fraction of sp³-hybridized carbons (Fsp3) is 0.600. The fourth-order valence-electron chi connectivity index (χ4n) is 2.47. The van der Waals surface area contributed by atoms with Crippen LogP contribution in [0.5, 0.6) is 0 Å². The van der Waals surface area contributed by atoms with Crippen molar-refractivity contribution in [1.82, 2.24) is 19.6 Å². The molecule has 108 valence electrons. The Bertz CT molecular complexity index is 579. The molecule has 1 atom stereocenters. The van der Waals surface area contributed by atoms with Crippen molar-refractivity contribution >= 4 is 5.82 Å². The van der Waals surface area contributed by atoms with E-state index < -0.39 is 0 Å². The van der Waals surface area contributed by atoms with Crippen molar-refractivity contribution in [2.24, 2.45) is 7.05 Å². The lowest BCUT2D eigenvalue weighted by molar-refractivity contribution is 0.462. The van der Waals surface area contributed by atoms with Crippen LogP contribution >= 0.6 is 0 Å². The van der Waals surface area contributed by atoms with Gasteiger partial charge in [-0.05, 0) is 32.3 Å². The Hall–Kier alpha value is -1.78. The molecule has 3 rings (SSSR count). The number of nitrogens with zero attached hydrogens (tertiary/aromatic N) is 4. The minimum atomic E-state index is 0.440. The molecule has 1 aliphatic carbocycles. The molecule has 0 unspecified atom stereocenters. The zero-order valence-corrected chi connectivity index (χ0v) is 12.5. The number of anilines is 1. The van der Waals surface area contributed by atoms with Gasteiger partial charge in [0, 0.05) is 31.3 Å². The average Bonchev–Trinajstić information content (AvgIpc) is 3.08. The van der Waals surface area contributed by atoms with Crippen molar-refractivity contribution in [3.63, 3.8) is 0 Å². The zero-order chi connectivity index (χ0) is 14.1. The Morgan fingerprint density at radius 1 is 1.45 bits per heavy atom. The SMILES string of the molecule is CC[C@@H](C)n1nccc1CNc1cc(C2CC2)nn1C. The number of hydrogen-bond acceptors (Lipinski definition) is 3. The van der Waals surface area contributed by atoms with Gasteiger partial charge in [0.1, 0.15) is 5.82 Å². The van der Waals surface area contributed by atoms with Gasteiger partial charge in [-0.3, -0.25) is 9.36 Å². The van der Waals surface area contributed by atoms with Gasteiger partial charge in [-0.15, -0.1) is 0 Å². The molecule has 0 aliphatic heterocycles. The van der Waals surface area contributed by atoms with Crippen molar-refractivity contribution in [1.29, 1.82) is 0 Å². The molecular weight excluding hydrogens is 250 g/mol. The first-order chi connectivity index (χ1) is 9.69. The molecule has 1 aliphatic rings. The lowest BCUT2D eigenvalue weighted by Crippen LogP contribution is -2.13. The highest BCUT2D eigenvalue weighted by Crippen LogP contribution is 2.39. The third-order valence-electron chi connectivity index (χ3n) is 4.11. The van der Waals surface area contributed by atoms with E-state index in [4.69, 9.17) is 0 Å². The summed E-state index contributed by atoms with van der Waals surface area (Å²) in [6.07, 6.45) is 5.54. The van der Waals surface area contributed by atoms with E-state index in [1.54, 1.807) is 0 Å². The van der Waals surface area contributed by atoms with E-state index in [0.29, 0.717) is 12.0 Å². The van der Waals surface area contributed by atoms with Gasteiger partial charge in [-0.2, -0.15) is 10.2 Å². The van der Waals surface area contributed by atoms with Gasteiger partial charge in [0.15, 0.2) is 0 Å². The molecule has 0 bridgehead atoms. The van der Waals surface area contributed by atoms with Gasteiger partial charge >= 0.3 is 0 Å². The maximum absolute atomic E-state index is 4.58.